The van der Waals surface area contributed by atoms with Crippen LogP contribution in [0.1, 0.15) is 54.5 Å². The number of hydrogen-bond acceptors (Lipinski definition) is 4. The zero-order valence-corrected chi connectivity index (χ0v) is 21.6. The Morgan fingerprint density at radius 3 is 2.49 bits per heavy atom. The van der Waals surface area contributed by atoms with Crippen LogP contribution >= 0.6 is 11.6 Å². The molecule has 0 spiro atoms. The number of carbonyl (C=O) groups excluding carboxylic acids is 1. The lowest BCUT2D eigenvalue weighted by atomic mass is 9.85. The molecule has 0 bridgehead atoms. The molecule has 1 heterocycles. The summed E-state index contributed by atoms with van der Waals surface area (Å²) in [5, 5.41) is 13.0. The normalized spacial score (nSPS) is 13.4. The van der Waals surface area contributed by atoms with Gasteiger partial charge in [0.2, 0.25) is 5.88 Å². The van der Waals surface area contributed by atoms with Gasteiger partial charge in [0.1, 0.15) is 0 Å². The van der Waals surface area contributed by atoms with Gasteiger partial charge >= 0.3 is 6.18 Å². The summed E-state index contributed by atoms with van der Waals surface area (Å²) >= 11 is 6.18. The van der Waals surface area contributed by atoms with Crippen LogP contribution in [0, 0.1) is 18.3 Å². The maximum absolute atomic E-state index is 13.2. The first-order chi connectivity index (χ1) is 17.3. The fourth-order valence-electron chi connectivity index (χ4n) is 3.91. The molecule has 0 aliphatic rings. The number of nitrogens with zero attached hydrogens (tertiary/aromatic N) is 2. The molecule has 0 saturated heterocycles. The molecule has 37 heavy (non-hydrogen) atoms. The van der Waals surface area contributed by atoms with Crippen LogP contribution in [0.25, 0.3) is 0 Å². The second kappa shape index (κ2) is 11.2. The summed E-state index contributed by atoms with van der Waals surface area (Å²) in [4.78, 5) is 16.9. The summed E-state index contributed by atoms with van der Waals surface area (Å²) in [7, 11) is 0. The molecule has 1 amide bonds. The van der Waals surface area contributed by atoms with Crippen molar-refractivity contribution in [2.45, 2.75) is 57.9 Å². The Morgan fingerprint density at radius 2 is 1.89 bits per heavy atom. The number of aryl methyl sites for hydroxylation is 1. The number of nitrogens with one attached hydrogen (secondary N) is 1. The fourth-order valence-corrected chi connectivity index (χ4v) is 4.02. The average Bonchev–Trinajstić information content (AvgIpc) is 2.84. The van der Waals surface area contributed by atoms with Crippen LogP contribution < -0.4 is 10.1 Å². The molecule has 1 aromatic heterocycles. The van der Waals surface area contributed by atoms with Gasteiger partial charge in [0, 0.05) is 29.2 Å². The van der Waals surface area contributed by atoms with Gasteiger partial charge in [0.05, 0.1) is 17.2 Å². The zero-order valence-electron chi connectivity index (χ0n) is 20.9. The number of alkyl halides is 3. The Balaban J connectivity index is 1.81. The molecule has 0 aliphatic carbocycles. The molecular formula is C28H27ClF3N3O2. The molecule has 3 rings (SSSR count). The summed E-state index contributed by atoms with van der Waals surface area (Å²) < 4.78 is 44.1. The summed E-state index contributed by atoms with van der Waals surface area (Å²) in [5.41, 5.74) is 0.999. The molecule has 0 fully saturated rings. The largest absolute Gasteiger partial charge is 0.462 e. The Morgan fingerprint density at radius 1 is 1.16 bits per heavy atom. The van der Waals surface area contributed by atoms with Crippen LogP contribution in [0.2, 0.25) is 5.02 Å². The van der Waals surface area contributed by atoms with Crippen molar-refractivity contribution in [1.82, 2.24) is 10.3 Å². The highest BCUT2D eigenvalue weighted by Gasteiger charge is 2.34. The predicted molar refractivity (Wildman–Crippen MR) is 135 cm³/mol. The van der Waals surface area contributed by atoms with Crippen molar-refractivity contribution in [3.05, 3.63) is 93.6 Å². The molecule has 2 aromatic carbocycles. The number of carbonyl (C=O) groups is 1. The van der Waals surface area contributed by atoms with E-state index in [1.807, 2.05) is 38.1 Å². The number of pyridine rings is 1. The topological polar surface area (TPSA) is 75.0 Å². The van der Waals surface area contributed by atoms with E-state index in [0.717, 1.165) is 28.8 Å². The van der Waals surface area contributed by atoms with Crippen LogP contribution in [0.15, 0.2) is 60.8 Å². The third-order valence-electron chi connectivity index (χ3n) is 6.05. The van der Waals surface area contributed by atoms with E-state index in [1.165, 1.54) is 13.8 Å². The van der Waals surface area contributed by atoms with Crippen LogP contribution in [-0.2, 0) is 17.4 Å². The number of nitriles is 1. The van der Waals surface area contributed by atoms with Crippen molar-refractivity contribution >= 4 is 17.5 Å². The predicted octanol–water partition coefficient (Wildman–Crippen LogP) is 6.62. The van der Waals surface area contributed by atoms with Crippen LogP contribution in [0.4, 0.5) is 13.2 Å². The maximum atomic E-state index is 13.2. The maximum Gasteiger partial charge on any atom is 0.417 e. The first-order valence-electron chi connectivity index (χ1n) is 11.6. The lowest BCUT2D eigenvalue weighted by molar-refractivity contribution is -0.138. The van der Waals surface area contributed by atoms with E-state index in [1.54, 1.807) is 18.2 Å². The van der Waals surface area contributed by atoms with Gasteiger partial charge in [-0.2, -0.15) is 18.4 Å². The van der Waals surface area contributed by atoms with E-state index >= 15 is 0 Å². The lowest BCUT2D eigenvalue weighted by Gasteiger charge is -2.31. The van der Waals surface area contributed by atoms with Gasteiger partial charge in [0.25, 0.3) is 5.91 Å². The molecule has 194 valence electrons. The average molecular weight is 530 g/mol. The van der Waals surface area contributed by atoms with Gasteiger partial charge in [-0.15, -0.1) is 0 Å². The highest BCUT2D eigenvalue weighted by atomic mass is 35.5. The first kappa shape index (κ1) is 28.0. The van der Waals surface area contributed by atoms with Crippen molar-refractivity contribution < 1.29 is 22.7 Å². The number of rotatable bonds is 8. The molecule has 2 atom stereocenters. The molecule has 3 aromatic rings. The third-order valence-corrected chi connectivity index (χ3v) is 6.48. The summed E-state index contributed by atoms with van der Waals surface area (Å²) in [5.74, 6) is -0.760. The highest BCUT2D eigenvalue weighted by molar-refractivity contribution is 6.31. The molecule has 0 radical (unpaired) electrons. The molecule has 1 N–H and O–H groups in total. The van der Waals surface area contributed by atoms with E-state index in [-0.39, 0.29) is 17.8 Å². The zero-order chi connectivity index (χ0) is 27.4. The lowest BCUT2D eigenvalue weighted by Crippen LogP contribution is -2.51. The molecule has 2 unspecified atom stereocenters. The van der Waals surface area contributed by atoms with E-state index < -0.39 is 23.2 Å². The number of halogens is 4. The SMILES string of the molecule is Cc1cc(CC(c2cccc(C#N)c2)C(C)NC(=O)C(C)(C)Oc2ccc(C(F)(F)F)cn2)ccc1Cl. The Kier molecular flexibility index (Phi) is 8.49. The van der Waals surface area contributed by atoms with Crippen molar-refractivity contribution in [3.8, 4) is 11.9 Å². The van der Waals surface area contributed by atoms with E-state index in [2.05, 4.69) is 16.4 Å². The third kappa shape index (κ3) is 7.23. The van der Waals surface area contributed by atoms with E-state index in [0.29, 0.717) is 23.2 Å². The number of ether oxygens (including phenoxy) is 1. The summed E-state index contributed by atoms with van der Waals surface area (Å²) in [6.45, 7) is 6.80. The standard InChI is InChI=1S/C28H27ClF3N3O2/c1-17-12-19(8-10-24(17)29)14-23(21-7-5-6-20(13-21)15-33)18(2)35-26(36)27(3,4)37-25-11-9-22(16-34-25)28(30,31)32/h5-13,16,18,23H,14H2,1-4H3,(H,35,36). The molecule has 9 heteroatoms. The van der Waals surface area contributed by atoms with Crippen molar-refractivity contribution in [2.24, 2.45) is 0 Å². The minimum Gasteiger partial charge on any atom is -0.462 e. The Bertz CT molecular complexity index is 1300. The Labute approximate surface area is 219 Å². The molecule has 0 aliphatic heterocycles. The van der Waals surface area contributed by atoms with Gasteiger partial charge in [-0.05, 0) is 75.1 Å². The smallest absolute Gasteiger partial charge is 0.417 e. The van der Waals surface area contributed by atoms with Crippen molar-refractivity contribution in [2.75, 3.05) is 0 Å². The van der Waals surface area contributed by atoms with Gasteiger partial charge < -0.3 is 10.1 Å². The van der Waals surface area contributed by atoms with Crippen molar-refractivity contribution in [3.63, 3.8) is 0 Å². The second-order valence-corrected chi connectivity index (χ2v) is 9.80. The summed E-state index contributed by atoms with van der Waals surface area (Å²) in [6.07, 6.45) is -3.29. The number of aromatic nitrogens is 1. The van der Waals surface area contributed by atoms with E-state index in [9.17, 15) is 23.2 Å². The van der Waals surface area contributed by atoms with E-state index in [4.69, 9.17) is 16.3 Å². The Hall–Kier alpha value is -3.57. The fraction of sp³-hybridized carbons (Fsp3) is 0.321. The first-order valence-corrected chi connectivity index (χ1v) is 12.0. The van der Waals surface area contributed by atoms with Crippen molar-refractivity contribution in [1.29, 1.82) is 5.26 Å². The minimum absolute atomic E-state index is 0.101. The van der Waals surface area contributed by atoms with Gasteiger partial charge in [-0.1, -0.05) is 35.9 Å². The quantitative estimate of drug-likeness (QED) is 0.356. The monoisotopic (exact) mass is 529 g/mol. The van der Waals surface area contributed by atoms with Gasteiger partial charge in [-0.3, -0.25) is 4.79 Å². The van der Waals surface area contributed by atoms with Crippen LogP contribution in [0.3, 0.4) is 0 Å². The van der Waals surface area contributed by atoms with Gasteiger partial charge in [0.15, 0.2) is 5.60 Å². The second-order valence-electron chi connectivity index (χ2n) is 9.39. The number of hydrogen-bond donors (Lipinski definition) is 1. The van der Waals surface area contributed by atoms with Gasteiger partial charge in [-0.25, -0.2) is 4.98 Å². The highest BCUT2D eigenvalue weighted by Crippen LogP contribution is 2.30. The minimum atomic E-state index is -4.52. The number of benzene rings is 2. The van der Waals surface area contributed by atoms with Crippen LogP contribution in [0.5, 0.6) is 5.88 Å². The molecule has 5 nitrogen and oxygen atoms in total. The summed E-state index contributed by atoms with van der Waals surface area (Å²) in [6, 6.07) is 16.6. The molecular weight excluding hydrogens is 503 g/mol. The number of amides is 1. The van der Waals surface area contributed by atoms with Crippen LogP contribution in [-0.4, -0.2) is 22.5 Å². The molecule has 0 saturated carbocycles.